The lowest BCUT2D eigenvalue weighted by Gasteiger charge is -2.12. The van der Waals surface area contributed by atoms with Crippen LogP contribution in [0.15, 0.2) is 42.5 Å². The number of ether oxygens (including phenoxy) is 3. The van der Waals surface area contributed by atoms with Crippen molar-refractivity contribution in [1.29, 1.82) is 0 Å². The van der Waals surface area contributed by atoms with Crippen LogP contribution in [0.1, 0.15) is 10.4 Å². The van der Waals surface area contributed by atoms with E-state index in [9.17, 15) is 9.59 Å². The van der Waals surface area contributed by atoms with Crippen molar-refractivity contribution >= 4 is 17.9 Å². The van der Waals surface area contributed by atoms with E-state index in [1.165, 1.54) is 7.11 Å². The van der Waals surface area contributed by atoms with E-state index in [1.54, 1.807) is 49.6 Å². The molecular weight excluding hydrogens is 298 g/mol. The highest BCUT2D eigenvalue weighted by molar-refractivity contribution is 5.93. The number of hydrogen-bond donors (Lipinski definition) is 1. The third kappa shape index (κ3) is 4.23. The third-order valence-corrected chi connectivity index (χ3v) is 3.09. The highest BCUT2D eigenvalue weighted by Crippen LogP contribution is 2.29. The van der Waals surface area contributed by atoms with Gasteiger partial charge >= 0.3 is 0 Å². The number of para-hydroxylation sites is 1. The summed E-state index contributed by atoms with van der Waals surface area (Å²) >= 11 is 0. The molecule has 0 bridgehead atoms. The first-order valence-corrected chi connectivity index (χ1v) is 6.86. The highest BCUT2D eigenvalue weighted by atomic mass is 16.5. The summed E-state index contributed by atoms with van der Waals surface area (Å²) in [6.45, 7) is -0.222. The smallest absolute Gasteiger partial charge is 0.262 e. The SMILES string of the molecule is COc1ccc(NC(=O)COc2ccccc2C=O)c(OC)c1. The molecule has 0 aliphatic heterocycles. The Morgan fingerprint density at radius 1 is 1.09 bits per heavy atom. The minimum absolute atomic E-state index is 0.222. The normalized spacial score (nSPS) is 9.83. The second-order valence-electron chi connectivity index (χ2n) is 4.56. The Morgan fingerprint density at radius 2 is 1.87 bits per heavy atom. The van der Waals surface area contributed by atoms with E-state index in [0.29, 0.717) is 34.8 Å². The van der Waals surface area contributed by atoms with Gasteiger partial charge in [0.15, 0.2) is 12.9 Å². The summed E-state index contributed by atoms with van der Waals surface area (Å²) in [7, 11) is 3.05. The lowest BCUT2D eigenvalue weighted by atomic mass is 10.2. The number of benzene rings is 2. The molecule has 6 nitrogen and oxygen atoms in total. The Labute approximate surface area is 134 Å². The van der Waals surface area contributed by atoms with E-state index in [2.05, 4.69) is 5.32 Å². The molecule has 0 saturated carbocycles. The standard InChI is InChI=1S/C17H17NO5/c1-21-13-7-8-14(16(9-13)22-2)18-17(20)11-23-15-6-4-3-5-12(15)10-19/h3-10H,11H2,1-2H3,(H,18,20). The number of hydrogen-bond acceptors (Lipinski definition) is 5. The molecular formula is C17H17NO5. The van der Waals surface area contributed by atoms with Crippen molar-refractivity contribution in [3.63, 3.8) is 0 Å². The van der Waals surface area contributed by atoms with Crippen molar-refractivity contribution in [3.8, 4) is 17.2 Å². The molecule has 0 unspecified atom stereocenters. The van der Waals surface area contributed by atoms with Crippen LogP contribution in [0.2, 0.25) is 0 Å². The highest BCUT2D eigenvalue weighted by Gasteiger charge is 2.10. The molecule has 0 heterocycles. The Hall–Kier alpha value is -3.02. The van der Waals surface area contributed by atoms with Crippen LogP contribution < -0.4 is 19.5 Å². The summed E-state index contributed by atoms with van der Waals surface area (Å²) in [6.07, 6.45) is 0.680. The largest absolute Gasteiger partial charge is 0.497 e. The number of carbonyl (C=O) groups excluding carboxylic acids is 2. The van der Waals surface area contributed by atoms with Crippen molar-refractivity contribution in [3.05, 3.63) is 48.0 Å². The van der Waals surface area contributed by atoms with Crippen LogP contribution in [-0.2, 0) is 4.79 Å². The van der Waals surface area contributed by atoms with Gasteiger partial charge in [-0.3, -0.25) is 9.59 Å². The molecule has 0 fully saturated rings. The van der Waals surface area contributed by atoms with Crippen LogP contribution in [-0.4, -0.2) is 33.0 Å². The van der Waals surface area contributed by atoms with Crippen LogP contribution >= 0.6 is 0 Å². The molecule has 0 saturated heterocycles. The molecule has 23 heavy (non-hydrogen) atoms. The fraction of sp³-hybridized carbons (Fsp3) is 0.176. The lowest BCUT2D eigenvalue weighted by molar-refractivity contribution is -0.118. The van der Waals surface area contributed by atoms with Gasteiger partial charge in [-0.15, -0.1) is 0 Å². The maximum absolute atomic E-state index is 12.0. The summed E-state index contributed by atoms with van der Waals surface area (Å²) in [5.41, 5.74) is 0.896. The van der Waals surface area contributed by atoms with Crippen molar-refractivity contribution in [2.75, 3.05) is 26.1 Å². The van der Waals surface area contributed by atoms with Gasteiger partial charge in [-0.2, -0.15) is 0 Å². The summed E-state index contributed by atoms with van der Waals surface area (Å²) in [4.78, 5) is 22.9. The van der Waals surface area contributed by atoms with Crippen LogP contribution in [0.3, 0.4) is 0 Å². The van der Waals surface area contributed by atoms with E-state index in [1.807, 2.05) is 0 Å². The van der Waals surface area contributed by atoms with E-state index >= 15 is 0 Å². The topological polar surface area (TPSA) is 73.9 Å². The zero-order valence-corrected chi connectivity index (χ0v) is 12.9. The van der Waals surface area contributed by atoms with Crippen molar-refractivity contribution < 1.29 is 23.8 Å². The van der Waals surface area contributed by atoms with Crippen molar-refractivity contribution in [2.45, 2.75) is 0 Å². The monoisotopic (exact) mass is 315 g/mol. The molecule has 0 radical (unpaired) electrons. The summed E-state index contributed by atoms with van der Waals surface area (Å²) < 4.78 is 15.7. The Morgan fingerprint density at radius 3 is 2.57 bits per heavy atom. The molecule has 0 atom stereocenters. The van der Waals surface area contributed by atoms with E-state index in [4.69, 9.17) is 14.2 Å². The molecule has 0 aliphatic rings. The minimum Gasteiger partial charge on any atom is -0.497 e. The van der Waals surface area contributed by atoms with E-state index in [-0.39, 0.29) is 12.5 Å². The average molecular weight is 315 g/mol. The molecule has 0 aliphatic carbocycles. The van der Waals surface area contributed by atoms with E-state index < -0.39 is 0 Å². The number of anilines is 1. The predicted molar refractivity (Wildman–Crippen MR) is 85.5 cm³/mol. The first kappa shape index (κ1) is 16.4. The Bertz CT molecular complexity index is 699. The second kappa shape index (κ2) is 7.84. The first-order valence-electron chi connectivity index (χ1n) is 6.86. The summed E-state index contributed by atoms with van der Waals surface area (Å²) in [5, 5.41) is 2.69. The average Bonchev–Trinajstić information content (AvgIpc) is 2.60. The number of nitrogens with one attached hydrogen (secondary N) is 1. The van der Waals surface area contributed by atoms with Crippen LogP contribution in [0, 0.1) is 0 Å². The minimum atomic E-state index is -0.367. The predicted octanol–water partition coefficient (Wildman–Crippen LogP) is 2.53. The molecule has 2 aromatic carbocycles. The fourth-order valence-corrected chi connectivity index (χ4v) is 1.94. The van der Waals surface area contributed by atoms with Gasteiger partial charge in [0.05, 0.1) is 25.5 Å². The number of aldehydes is 1. The number of methoxy groups -OCH3 is 2. The van der Waals surface area contributed by atoms with E-state index in [0.717, 1.165) is 0 Å². The summed E-state index contributed by atoms with van der Waals surface area (Å²) in [5.74, 6) is 1.09. The van der Waals surface area contributed by atoms with Gasteiger partial charge in [0.1, 0.15) is 17.2 Å². The fourth-order valence-electron chi connectivity index (χ4n) is 1.94. The van der Waals surface area contributed by atoms with Crippen LogP contribution in [0.5, 0.6) is 17.2 Å². The first-order chi connectivity index (χ1) is 11.2. The van der Waals surface area contributed by atoms with Gasteiger partial charge in [-0.25, -0.2) is 0 Å². The maximum Gasteiger partial charge on any atom is 0.262 e. The molecule has 1 amide bonds. The Kier molecular flexibility index (Phi) is 5.57. The molecule has 0 aromatic heterocycles. The van der Waals surface area contributed by atoms with Crippen molar-refractivity contribution in [1.82, 2.24) is 0 Å². The third-order valence-electron chi connectivity index (χ3n) is 3.09. The molecule has 6 heteroatoms. The van der Waals surface area contributed by atoms with Gasteiger partial charge in [-0.1, -0.05) is 12.1 Å². The second-order valence-corrected chi connectivity index (χ2v) is 4.56. The molecule has 2 rings (SSSR count). The molecule has 2 aromatic rings. The quantitative estimate of drug-likeness (QED) is 0.795. The molecule has 0 spiro atoms. The van der Waals surface area contributed by atoms with Gasteiger partial charge in [0, 0.05) is 6.07 Å². The number of amides is 1. The molecule has 1 N–H and O–H groups in total. The van der Waals surface area contributed by atoms with Gasteiger partial charge < -0.3 is 19.5 Å². The van der Waals surface area contributed by atoms with Gasteiger partial charge in [-0.05, 0) is 24.3 Å². The summed E-state index contributed by atoms with van der Waals surface area (Å²) in [6, 6.07) is 11.7. The maximum atomic E-state index is 12.0. The van der Waals surface area contributed by atoms with Crippen LogP contribution in [0.4, 0.5) is 5.69 Å². The number of carbonyl (C=O) groups is 2. The number of rotatable bonds is 7. The lowest BCUT2D eigenvalue weighted by Crippen LogP contribution is -2.20. The van der Waals surface area contributed by atoms with Crippen molar-refractivity contribution in [2.24, 2.45) is 0 Å². The van der Waals surface area contributed by atoms with Crippen LogP contribution in [0.25, 0.3) is 0 Å². The molecule has 120 valence electrons. The zero-order chi connectivity index (χ0) is 16.7. The van der Waals surface area contributed by atoms with Gasteiger partial charge in [0.2, 0.25) is 0 Å². The Balaban J connectivity index is 2.01. The van der Waals surface area contributed by atoms with Gasteiger partial charge in [0.25, 0.3) is 5.91 Å². The zero-order valence-electron chi connectivity index (χ0n) is 12.9.